The molecule has 0 bridgehead atoms. The zero-order valence-electron chi connectivity index (χ0n) is 14.2. The predicted octanol–water partition coefficient (Wildman–Crippen LogP) is 3.31. The van der Waals surface area contributed by atoms with Crippen LogP contribution in [0.25, 0.3) is 10.9 Å². The number of aryl methyl sites for hydroxylation is 1. The average molecular weight is 342 g/mol. The number of nitro groups is 1. The first-order valence-corrected chi connectivity index (χ1v) is 8.62. The third-order valence-corrected chi connectivity index (χ3v) is 4.53. The Hall–Kier alpha value is -2.70. The molecule has 132 valence electrons. The topological polar surface area (TPSA) is 97.2 Å². The quantitative estimate of drug-likeness (QED) is 0.620. The second-order valence-corrected chi connectivity index (χ2v) is 6.47. The molecule has 1 aromatic heterocycles. The summed E-state index contributed by atoms with van der Waals surface area (Å²) < 4.78 is 0. The van der Waals surface area contributed by atoms with Gasteiger partial charge in [-0.2, -0.15) is 0 Å². The lowest BCUT2D eigenvalue weighted by Crippen LogP contribution is -2.33. The third-order valence-electron chi connectivity index (χ3n) is 4.53. The molecule has 1 saturated carbocycles. The predicted molar refractivity (Wildman–Crippen MR) is 96.6 cm³/mol. The summed E-state index contributed by atoms with van der Waals surface area (Å²) in [7, 11) is 0. The first-order chi connectivity index (χ1) is 12.0. The minimum absolute atomic E-state index is 0.0109. The Morgan fingerprint density at radius 1 is 1.36 bits per heavy atom. The highest BCUT2D eigenvalue weighted by Crippen LogP contribution is 2.29. The summed E-state index contributed by atoms with van der Waals surface area (Å²) in [6.07, 6.45) is 4.87. The van der Waals surface area contributed by atoms with E-state index < -0.39 is 4.92 Å². The number of hydrogen-bond donors (Lipinski definition) is 2. The Kier molecular flexibility index (Phi) is 5.11. The van der Waals surface area contributed by atoms with Crippen LogP contribution in [0.3, 0.4) is 0 Å². The second-order valence-electron chi connectivity index (χ2n) is 6.47. The van der Waals surface area contributed by atoms with E-state index in [1.165, 1.54) is 18.9 Å². The highest BCUT2D eigenvalue weighted by atomic mass is 16.6. The number of fused-ring (bicyclic) bond motifs is 1. The van der Waals surface area contributed by atoms with Crippen LogP contribution in [0.2, 0.25) is 0 Å². The Labute approximate surface area is 146 Å². The molecule has 7 nitrogen and oxygen atoms in total. The number of carbonyl (C=O) groups excluding carboxylic acids is 1. The van der Waals surface area contributed by atoms with Gasteiger partial charge in [0.25, 0.3) is 5.69 Å². The van der Waals surface area contributed by atoms with Gasteiger partial charge in [-0.25, -0.2) is 4.98 Å². The normalized spacial score (nSPS) is 14.6. The molecule has 0 spiro atoms. The van der Waals surface area contributed by atoms with Crippen LogP contribution in [0, 0.1) is 17.0 Å². The zero-order chi connectivity index (χ0) is 17.8. The molecule has 3 rings (SSSR count). The maximum atomic E-state index is 12.0. The van der Waals surface area contributed by atoms with Crippen molar-refractivity contribution in [2.24, 2.45) is 0 Å². The number of aromatic nitrogens is 1. The summed E-state index contributed by atoms with van der Waals surface area (Å²) in [4.78, 5) is 27.1. The zero-order valence-corrected chi connectivity index (χ0v) is 14.2. The maximum absolute atomic E-state index is 12.0. The van der Waals surface area contributed by atoms with Crippen LogP contribution in [-0.4, -0.2) is 28.4 Å². The van der Waals surface area contributed by atoms with E-state index >= 15 is 0 Å². The summed E-state index contributed by atoms with van der Waals surface area (Å²) in [5.41, 5.74) is 1.81. The minimum Gasteiger partial charge on any atom is -0.384 e. The SMILES string of the molecule is Cc1cc(NCCC(=O)NC2CCCC2)c2cccc([N+](=O)[O-])c2n1. The van der Waals surface area contributed by atoms with Gasteiger partial charge in [0.1, 0.15) is 0 Å². The van der Waals surface area contributed by atoms with Crippen molar-refractivity contribution in [2.75, 3.05) is 11.9 Å². The highest BCUT2D eigenvalue weighted by molar-refractivity contribution is 5.96. The molecule has 0 saturated heterocycles. The number of benzene rings is 1. The summed E-state index contributed by atoms with van der Waals surface area (Å²) in [5, 5.41) is 18.2. The number of para-hydroxylation sites is 1. The van der Waals surface area contributed by atoms with Gasteiger partial charge in [-0.3, -0.25) is 14.9 Å². The molecule has 1 fully saturated rings. The third kappa shape index (κ3) is 4.04. The number of nitrogens with one attached hydrogen (secondary N) is 2. The van der Waals surface area contributed by atoms with Crippen molar-refractivity contribution in [2.45, 2.75) is 45.1 Å². The molecule has 1 aliphatic carbocycles. The van der Waals surface area contributed by atoms with Crippen LogP contribution < -0.4 is 10.6 Å². The number of non-ortho nitro benzene ring substituents is 1. The molecule has 1 aliphatic rings. The number of pyridine rings is 1. The van der Waals surface area contributed by atoms with Crippen LogP contribution >= 0.6 is 0 Å². The molecule has 0 atom stereocenters. The molecular weight excluding hydrogens is 320 g/mol. The van der Waals surface area contributed by atoms with Gasteiger partial charge in [0.15, 0.2) is 5.52 Å². The lowest BCUT2D eigenvalue weighted by atomic mass is 10.1. The van der Waals surface area contributed by atoms with E-state index in [0.29, 0.717) is 35.6 Å². The van der Waals surface area contributed by atoms with E-state index in [9.17, 15) is 14.9 Å². The molecule has 0 aliphatic heterocycles. The lowest BCUT2D eigenvalue weighted by Gasteiger charge is -2.13. The van der Waals surface area contributed by atoms with Crippen molar-refractivity contribution in [1.29, 1.82) is 0 Å². The number of anilines is 1. The molecule has 2 N–H and O–H groups in total. The van der Waals surface area contributed by atoms with Gasteiger partial charge >= 0.3 is 0 Å². The van der Waals surface area contributed by atoms with Gasteiger partial charge in [0, 0.05) is 41.8 Å². The van der Waals surface area contributed by atoms with Gasteiger partial charge < -0.3 is 10.6 Å². The summed E-state index contributed by atoms with van der Waals surface area (Å²) >= 11 is 0. The first-order valence-electron chi connectivity index (χ1n) is 8.62. The standard InChI is InChI=1S/C18H22N4O3/c1-12-11-15(14-7-4-8-16(22(24)25)18(14)20-12)19-10-9-17(23)21-13-5-2-3-6-13/h4,7-8,11,13H,2-3,5-6,9-10H2,1H3,(H,19,20)(H,21,23). The summed E-state index contributed by atoms with van der Waals surface area (Å²) in [6, 6.07) is 7.07. The van der Waals surface area contributed by atoms with Gasteiger partial charge in [0.05, 0.1) is 4.92 Å². The first kappa shape index (κ1) is 17.1. The van der Waals surface area contributed by atoms with Crippen LogP contribution in [0.1, 0.15) is 37.8 Å². The molecule has 1 aromatic carbocycles. The Morgan fingerprint density at radius 2 is 2.12 bits per heavy atom. The Bertz CT molecular complexity index is 800. The number of rotatable bonds is 6. The fraction of sp³-hybridized carbons (Fsp3) is 0.444. The number of amides is 1. The second kappa shape index (κ2) is 7.46. The largest absolute Gasteiger partial charge is 0.384 e. The smallest absolute Gasteiger partial charge is 0.295 e. The summed E-state index contributed by atoms with van der Waals surface area (Å²) in [6.45, 7) is 2.27. The average Bonchev–Trinajstić information content (AvgIpc) is 3.06. The minimum atomic E-state index is -0.423. The van der Waals surface area contributed by atoms with E-state index in [1.54, 1.807) is 19.1 Å². The van der Waals surface area contributed by atoms with Crippen LogP contribution in [0.15, 0.2) is 24.3 Å². The monoisotopic (exact) mass is 342 g/mol. The molecule has 7 heteroatoms. The lowest BCUT2D eigenvalue weighted by molar-refractivity contribution is -0.383. The van der Waals surface area contributed by atoms with Crippen molar-refractivity contribution in [3.8, 4) is 0 Å². The van der Waals surface area contributed by atoms with Crippen molar-refractivity contribution in [1.82, 2.24) is 10.3 Å². The van der Waals surface area contributed by atoms with Crippen LogP contribution in [0.5, 0.6) is 0 Å². The van der Waals surface area contributed by atoms with Crippen molar-refractivity contribution < 1.29 is 9.72 Å². The maximum Gasteiger partial charge on any atom is 0.295 e. The number of nitrogens with zero attached hydrogens (tertiary/aromatic N) is 2. The fourth-order valence-electron chi connectivity index (χ4n) is 3.34. The van der Waals surface area contributed by atoms with Crippen molar-refractivity contribution in [3.05, 3.63) is 40.1 Å². The van der Waals surface area contributed by atoms with Gasteiger partial charge in [-0.15, -0.1) is 0 Å². The van der Waals surface area contributed by atoms with E-state index in [2.05, 4.69) is 15.6 Å². The number of carbonyl (C=O) groups is 1. The molecular formula is C18H22N4O3. The van der Waals surface area contributed by atoms with Gasteiger partial charge in [-0.1, -0.05) is 25.0 Å². The molecule has 1 heterocycles. The van der Waals surface area contributed by atoms with Gasteiger partial charge in [-0.05, 0) is 25.8 Å². The van der Waals surface area contributed by atoms with Crippen molar-refractivity contribution >= 4 is 28.2 Å². The number of nitro benzene ring substituents is 1. The molecule has 25 heavy (non-hydrogen) atoms. The molecule has 0 radical (unpaired) electrons. The van der Waals surface area contributed by atoms with E-state index in [1.807, 2.05) is 6.07 Å². The molecule has 2 aromatic rings. The Morgan fingerprint density at radius 3 is 2.84 bits per heavy atom. The van der Waals surface area contributed by atoms with Crippen LogP contribution in [-0.2, 0) is 4.79 Å². The van der Waals surface area contributed by atoms with E-state index in [4.69, 9.17) is 0 Å². The summed E-state index contributed by atoms with van der Waals surface area (Å²) in [5.74, 6) is 0.0421. The van der Waals surface area contributed by atoms with Crippen molar-refractivity contribution in [3.63, 3.8) is 0 Å². The van der Waals surface area contributed by atoms with Crippen LogP contribution in [0.4, 0.5) is 11.4 Å². The Balaban J connectivity index is 1.69. The van der Waals surface area contributed by atoms with E-state index in [0.717, 1.165) is 18.5 Å². The fourth-order valence-corrected chi connectivity index (χ4v) is 3.34. The number of hydrogen-bond acceptors (Lipinski definition) is 5. The molecule has 0 unspecified atom stereocenters. The highest BCUT2D eigenvalue weighted by Gasteiger charge is 2.18. The van der Waals surface area contributed by atoms with Gasteiger partial charge in [0.2, 0.25) is 5.91 Å². The molecule has 1 amide bonds. The van der Waals surface area contributed by atoms with E-state index in [-0.39, 0.29) is 11.6 Å².